The largest absolute Gasteiger partial charge is 5.00 e. The smallest absolute Gasteiger partial charge is 2.00 e. The van der Waals surface area contributed by atoms with Crippen LogP contribution in [-0.4, -0.2) is 0 Å². The summed E-state index contributed by atoms with van der Waals surface area (Å²) >= 11 is 0. The SMILES string of the molecule is [Li+].[O-2].[O-2].[O-2].[V+5]. The van der Waals surface area contributed by atoms with Crippen molar-refractivity contribution >= 4 is 0 Å². The van der Waals surface area contributed by atoms with Gasteiger partial charge in [0, 0.05) is 0 Å². The maximum absolute atomic E-state index is 0. The molecule has 0 unspecified atom stereocenters. The Morgan fingerprint density at radius 3 is 0.600 bits per heavy atom. The van der Waals surface area contributed by atoms with Gasteiger partial charge < -0.3 is 16.4 Å². The summed E-state index contributed by atoms with van der Waals surface area (Å²) in [4.78, 5) is 0. The van der Waals surface area contributed by atoms with E-state index in [1.54, 1.807) is 0 Å². The van der Waals surface area contributed by atoms with Gasteiger partial charge in [0.2, 0.25) is 0 Å². The molecule has 0 amide bonds. The fraction of sp³-hybridized carbons (Fsp3) is 0. The number of hydrogen-bond donors (Lipinski definition) is 0. The minimum atomic E-state index is 0. The second kappa shape index (κ2) is 74.1. The molecule has 0 aliphatic carbocycles. The zero-order chi connectivity index (χ0) is 0. The third-order valence-corrected chi connectivity index (χ3v) is 0. The zero-order valence-electron chi connectivity index (χ0n) is 2.67. The molecule has 0 heterocycles. The Balaban J connectivity index is 0. The van der Waals surface area contributed by atoms with Gasteiger partial charge in [-0.2, -0.15) is 0 Å². The first-order valence-corrected chi connectivity index (χ1v) is 0. The Labute approximate surface area is 54.1 Å². The third kappa shape index (κ3) is 42.1. The summed E-state index contributed by atoms with van der Waals surface area (Å²) in [6.07, 6.45) is 0. The van der Waals surface area contributed by atoms with Crippen LogP contribution in [0.5, 0.6) is 0 Å². The van der Waals surface area contributed by atoms with E-state index in [2.05, 4.69) is 0 Å². The molecule has 0 aromatic carbocycles. The normalized spacial score (nSPS) is 0. The molecule has 0 N–H and O–H groups in total. The van der Waals surface area contributed by atoms with Crippen LogP contribution in [0.25, 0.3) is 0 Å². The fourth-order valence-corrected chi connectivity index (χ4v) is 0. The molecular weight excluding hydrogens is 106 g/mol. The van der Waals surface area contributed by atoms with Gasteiger partial charge in [-0.05, 0) is 0 Å². The van der Waals surface area contributed by atoms with Crippen LogP contribution >= 0.6 is 0 Å². The molecule has 3 nitrogen and oxygen atoms in total. The minimum absolute atomic E-state index is 0. The third-order valence-electron chi connectivity index (χ3n) is 0. The van der Waals surface area contributed by atoms with Gasteiger partial charge in [-0.1, -0.05) is 0 Å². The summed E-state index contributed by atoms with van der Waals surface area (Å²) in [6, 6.07) is 0. The van der Waals surface area contributed by atoms with Gasteiger partial charge in [-0.25, -0.2) is 0 Å². The van der Waals surface area contributed by atoms with Gasteiger partial charge >= 0.3 is 37.4 Å². The van der Waals surface area contributed by atoms with E-state index < -0.39 is 0 Å². The van der Waals surface area contributed by atoms with Gasteiger partial charge in [-0.15, -0.1) is 0 Å². The molecule has 24 valence electrons. The molecule has 0 saturated carbocycles. The zero-order valence-corrected chi connectivity index (χ0v) is 4.07. The molecule has 0 rings (SSSR count). The van der Waals surface area contributed by atoms with E-state index in [-0.39, 0.29) is 53.8 Å². The summed E-state index contributed by atoms with van der Waals surface area (Å²) in [6.45, 7) is 0. The quantitative estimate of drug-likeness (QED) is 0.289. The average Bonchev–Trinajstić information content (AvgIpc) is 0. The standard InChI is InChI=1S/Li.3O.V/q+1;3*-2;+5. The maximum Gasteiger partial charge on any atom is 5.00 e. The molecule has 0 aliphatic rings. The van der Waals surface area contributed by atoms with Gasteiger partial charge in [0.15, 0.2) is 0 Å². The Bertz CT molecular complexity index is 6.85. The molecule has 0 aliphatic heterocycles. The topological polar surface area (TPSA) is 85.5 Å². The molecule has 0 saturated heterocycles. The van der Waals surface area contributed by atoms with Crippen LogP contribution in [0.1, 0.15) is 0 Å². The Morgan fingerprint density at radius 1 is 0.600 bits per heavy atom. The Morgan fingerprint density at radius 2 is 0.600 bits per heavy atom. The number of rotatable bonds is 0. The summed E-state index contributed by atoms with van der Waals surface area (Å²) in [5.41, 5.74) is 0. The van der Waals surface area contributed by atoms with Crippen LogP contribution < -0.4 is 18.9 Å². The molecule has 0 spiro atoms. The number of hydrogen-bond acceptors (Lipinski definition) is 0. The second-order valence-electron chi connectivity index (χ2n) is 0. The van der Waals surface area contributed by atoms with Crippen molar-refractivity contribution in [2.45, 2.75) is 0 Å². The first kappa shape index (κ1) is 138. The summed E-state index contributed by atoms with van der Waals surface area (Å²) in [7, 11) is 0. The molecule has 5 heavy (non-hydrogen) atoms. The fourth-order valence-electron chi connectivity index (χ4n) is 0. The molecular formula is LiO3V. The van der Waals surface area contributed by atoms with E-state index in [0.29, 0.717) is 0 Å². The molecule has 0 aromatic rings. The molecule has 0 fully saturated rings. The van der Waals surface area contributed by atoms with Crippen molar-refractivity contribution in [3.05, 3.63) is 0 Å². The first-order chi connectivity index (χ1) is 0. The van der Waals surface area contributed by atoms with Crippen molar-refractivity contribution in [2.24, 2.45) is 0 Å². The predicted octanol–water partition coefficient (Wildman–Crippen LogP) is -3.35. The molecule has 0 atom stereocenters. The predicted molar refractivity (Wildman–Crippen MR) is 2.06 cm³/mol. The van der Waals surface area contributed by atoms with Crippen molar-refractivity contribution in [3.8, 4) is 0 Å². The van der Waals surface area contributed by atoms with Crippen molar-refractivity contribution in [1.29, 1.82) is 0 Å². The Hall–Kier alpha value is 1.06. The monoisotopic (exact) mass is 106 g/mol. The molecule has 5 heteroatoms. The van der Waals surface area contributed by atoms with Crippen LogP contribution in [0.4, 0.5) is 0 Å². The van der Waals surface area contributed by atoms with Crippen LogP contribution in [0, 0.1) is 0 Å². The molecule has 0 bridgehead atoms. The van der Waals surface area contributed by atoms with Crippen molar-refractivity contribution in [1.82, 2.24) is 0 Å². The van der Waals surface area contributed by atoms with E-state index >= 15 is 0 Å². The van der Waals surface area contributed by atoms with Crippen LogP contribution in [0.15, 0.2) is 0 Å². The molecule has 0 radical (unpaired) electrons. The van der Waals surface area contributed by atoms with Gasteiger partial charge in [-0.3, -0.25) is 0 Å². The first-order valence-electron chi connectivity index (χ1n) is 0. The van der Waals surface area contributed by atoms with Crippen LogP contribution in [0.3, 0.4) is 0 Å². The Kier molecular flexibility index (Phi) is 2040. The van der Waals surface area contributed by atoms with Gasteiger partial charge in [0.05, 0.1) is 0 Å². The van der Waals surface area contributed by atoms with Crippen LogP contribution in [-0.2, 0) is 35.0 Å². The minimum Gasteiger partial charge on any atom is -2.00 e. The van der Waals surface area contributed by atoms with E-state index in [9.17, 15) is 0 Å². The molecule has 0 aromatic heterocycles. The average molecular weight is 106 g/mol. The van der Waals surface area contributed by atoms with Crippen LogP contribution in [0.2, 0.25) is 0 Å². The van der Waals surface area contributed by atoms with E-state index in [1.807, 2.05) is 0 Å². The van der Waals surface area contributed by atoms with E-state index in [4.69, 9.17) is 0 Å². The second-order valence-corrected chi connectivity index (χ2v) is 0. The van der Waals surface area contributed by atoms with E-state index in [1.165, 1.54) is 0 Å². The van der Waals surface area contributed by atoms with E-state index in [0.717, 1.165) is 0 Å². The van der Waals surface area contributed by atoms with Gasteiger partial charge in [0.25, 0.3) is 0 Å². The maximum atomic E-state index is 0. The summed E-state index contributed by atoms with van der Waals surface area (Å²) < 4.78 is 0. The van der Waals surface area contributed by atoms with Crippen molar-refractivity contribution in [2.75, 3.05) is 0 Å². The van der Waals surface area contributed by atoms with Gasteiger partial charge in [0.1, 0.15) is 0 Å². The summed E-state index contributed by atoms with van der Waals surface area (Å²) in [5, 5.41) is 0. The van der Waals surface area contributed by atoms with Crippen molar-refractivity contribution < 1.29 is 53.8 Å². The summed E-state index contributed by atoms with van der Waals surface area (Å²) in [5.74, 6) is 0. The van der Waals surface area contributed by atoms with Crippen molar-refractivity contribution in [3.63, 3.8) is 0 Å².